The third-order valence-electron chi connectivity index (χ3n) is 10.3. The van der Waals surface area contributed by atoms with E-state index in [0.717, 1.165) is 10.8 Å². The second-order valence-corrected chi connectivity index (χ2v) is 13.1. The molecule has 0 bridgehead atoms. The predicted molar refractivity (Wildman–Crippen MR) is 225 cm³/mol. The molecule has 0 unspecified atom stereocenters. The molecular formula is C52H30. The van der Waals surface area contributed by atoms with Crippen LogP contribution in [-0.2, 0) is 0 Å². The van der Waals surface area contributed by atoms with Crippen molar-refractivity contribution in [1.82, 2.24) is 0 Å². The lowest BCUT2D eigenvalue weighted by molar-refractivity contribution is 1.64. The van der Waals surface area contributed by atoms with Crippen LogP contribution in [0.25, 0.3) is 120 Å². The Labute approximate surface area is 324 Å². The van der Waals surface area contributed by atoms with Crippen LogP contribution in [0.1, 0.15) is 23.3 Å². The predicted octanol–water partition coefficient (Wildman–Crippen LogP) is 14.8. The van der Waals surface area contributed by atoms with Gasteiger partial charge in [0.15, 0.2) is 0 Å². The molecule has 12 rings (SSSR count). The van der Waals surface area contributed by atoms with E-state index in [1.807, 2.05) is 60.7 Å². The largest absolute Gasteiger partial charge is 0.0630 e. The Bertz CT molecular complexity index is 4360. The summed E-state index contributed by atoms with van der Waals surface area (Å²) < 4.78 is 155. The first-order valence-corrected chi connectivity index (χ1v) is 16.8. The number of benzene rings is 12. The van der Waals surface area contributed by atoms with E-state index < -0.39 is 84.6 Å². The molecule has 0 aliphatic rings. The van der Waals surface area contributed by atoms with Crippen molar-refractivity contribution in [2.24, 2.45) is 0 Å². The third kappa shape index (κ3) is 3.87. The minimum Gasteiger partial charge on any atom is -0.0616 e. The van der Waals surface area contributed by atoms with Crippen molar-refractivity contribution in [3.05, 3.63) is 182 Å². The number of hydrogen-bond acceptors (Lipinski definition) is 0. The summed E-state index contributed by atoms with van der Waals surface area (Å²) >= 11 is 0. The van der Waals surface area contributed by atoms with E-state index in [-0.39, 0.29) is 93.9 Å². The quantitative estimate of drug-likeness (QED) is 0.164. The van der Waals surface area contributed by atoms with Crippen molar-refractivity contribution in [3.8, 4) is 33.4 Å². The van der Waals surface area contributed by atoms with Crippen molar-refractivity contribution in [1.29, 1.82) is 0 Å². The van der Waals surface area contributed by atoms with Gasteiger partial charge in [0.1, 0.15) is 0 Å². The van der Waals surface area contributed by atoms with Crippen LogP contribution in [-0.4, -0.2) is 0 Å². The Morgan fingerprint density at radius 2 is 0.769 bits per heavy atom. The second-order valence-electron chi connectivity index (χ2n) is 13.1. The first kappa shape index (κ1) is 16.5. The summed E-state index contributed by atoms with van der Waals surface area (Å²) in [5.41, 5.74) is 2.02. The topological polar surface area (TPSA) is 0 Å². The smallest absolute Gasteiger partial charge is 0.0616 e. The molecule has 0 heteroatoms. The minimum atomic E-state index is -0.568. The van der Waals surface area contributed by atoms with Crippen molar-refractivity contribution in [3.63, 3.8) is 0 Å². The standard InChI is InChI=1S/C52H30/c1-2-8-38-29-48(43-24-20-36-18-16-32-11-6-13-34-22-26-45(43)52(36)50(32)34)46(28-37(38)7-1)40-27-39-9-3-4-14-41(39)47(30-40)42-23-19-35-17-15-31-10-5-12-33-21-25-44(42)51(35)49(31)33/h1-30H/i5D,6D,10D,11D,12D,13D,15D,16D,17D,18D,19D,20D,21D,22D,23D,24D,25D. The molecule has 0 aliphatic carbocycles. The van der Waals surface area contributed by atoms with Gasteiger partial charge in [0.2, 0.25) is 0 Å². The Morgan fingerprint density at radius 1 is 0.269 bits per heavy atom. The van der Waals surface area contributed by atoms with Gasteiger partial charge in [0.05, 0.1) is 23.3 Å². The zero-order valence-corrected chi connectivity index (χ0v) is 27.0. The molecule has 0 amide bonds. The maximum atomic E-state index is 9.70. The molecule has 0 N–H and O–H groups in total. The van der Waals surface area contributed by atoms with Crippen LogP contribution in [0.3, 0.4) is 0 Å². The molecule has 0 fully saturated rings. The Hall–Kier alpha value is -6.76. The normalized spacial score (nSPS) is 16.8. The van der Waals surface area contributed by atoms with E-state index in [4.69, 9.17) is 13.7 Å². The molecule has 0 heterocycles. The Balaban J connectivity index is 1.26. The molecule has 0 radical (unpaired) electrons. The van der Waals surface area contributed by atoms with E-state index in [1.165, 1.54) is 6.07 Å². The van der Waals surface area contributed by atoms with Gasteiger partial charge in [0, 0.05) is 0 Å². The lowest BCUT2D eigenvalue weighted by Gasteiger charge is -2.19. The molecule has 238 valence electrons. The SMILES string of the molecule is [2H]c1c(-c2cc3ccccc3cc2-c2cc(-c3c([2H])c([2H])c4c([2H])c([2H])c5c([2H])c([2H])c([2H])c6c([2H])c([2H])c3c4c56)c3ccccc3c2)c2cc([2H])c3c([2H])c([2H])c([2H])c4c([2H])c([2H])c(c1[2H])c2c34. The van der Waals surface area contributed by atoms with Crippen LogP contribution in [0.2, 0.25) is 0 Å². The monoisotopic (exact) mass is 671 g/mol. The van der Waals surface area contributed by atoms with Gasteiger partial charge >= 0.3 is 0 Å². The van der Waals surface area contributed by atoms with Crippen molar-refractivity contribution >= 4 is 86.2 Å². The van der Waals surface area contributed by atoms with Crippen LogP contribution in [0.4, 0.5) is 0 Å². The van der Waals surface area contributed by atoms with Gasteiger partial charge in [-0.3, -0.25) is 0 Å². The van der Waals surface area contributed by atoms with E-state index in [1.54, 1.807) is 12.1 Å². The average molecular weight is 672 g/mol. The maximum absolute atomic E-state index is 9.70. The van der Waals surface area contributed by atoms with Crippen molar-refractivity contribution in [2.45, 2.75) is 0 Å². The van der Waals surface area contributed by atoms with Crippen LogP contribution >= 0.6 is 0 Å². The molecular weight excluding hydrogens is 625 g/mol. The summed E-state index contributed by atoms with van der Waals surface area (Å²) in [6, 6.07) is 16.2. The first-order chi connectivity index (χ1) is 32.9. The third-order valence-corrected chi connectivity index (χ3v) is 10.3. The lowest BCUT2D eigenvalue weighted by atomic mass is 9.84. The highest BCUT2D eigenvalue weighted by molar-refractivity contribution is 6.27. The Morgan fingerprint density at radius 3 is 1.44 bits per heavy atom. The molecule has 12 aromatic rings. The summed E-state index contributed by atoms with van der Waals surface area (Å²) in [7, 11) is 0. The van der Waals surface area contributed by atoms with E-state index in [9.17, 15) is 9.60 Å². The number of rotatable bonds is 3. The van der Waals surface area contributed by atoms with Crippen molar-refractivity contribution < 1.29 is 23.3 Å². The van der Waals surface area contributed by atoms with Crippen LogP contribution in [0.5, 0.6) is 0 Å². The second kappa shape index (κ2) is 10.4. The molecule has 12 aromatic carbocycles. The van der Waals surface area contributed by atoms with Gasteiger partial charge in [-0.15, -0.1) is 0 Å². The van der Waals surface area contributed by atoms with Gasteiger partial charge < -0.3 is 0 Å². The van der Waals surface area contributed by atoms with Gasteiger partial charge in [0.25, 0.3) is 0 Å². The summed E-state index contributed by atoms with van der Waals surface area (Å²) in [4.78, 5) is 0. The molecule has 0 atom stereocenters. The van der Waals surface area contributed by atoms with Crippen LogP contribution in [0.15, 0.2) is 182 Å². The van der Waals surface area contributed by atoms with Crippen LogP contribution < -0.4 is 0 Å². The average Bonchev–Trinajstić information content (AvgIpc) is 3.33. The van der Waals surface area contributed by atoms with Gasteiger partial charge in [-0.1, -0.05) is 157 Å². The lowest BCUT2D eigenvalue weighted by Crippen LogP contribution is -1.92. The van der Waals surface area contributed by atoms with E-state index >= 15 is 0 Å². The highest BCUT2D eigenvalue weighted by Gasteiger charge is 2.19. The van der Waals surface area contributed by atoms with E-state index in [2.05, 4.69) is 0 Å². The zero-order chi connectivity index (χ0) is 48.7. The number of fused-ring (bicyclic) bond motifs is 2. The molecule has 52 heavy (non-hydrogen) atoms. The molecule has 0 aromatic heterocycles. The summed E-state index contributed by atoms with van der Waals surface area (Å²) in [5, 5.41) is 2.79. The van der Waals surface area contributed by atoms with Gasteiger partial charge in [-0.25, -0.2) is 0 Å². The molecule has 0 saturated carbocycles. The van der Waals surface area contributed by atoms with Gasteiger partial charge in [-0.2, -0.15) is 0 Å². The number of hydrogen-bond donors (Lipinski definition) is 0. The summed E-state index contributed by atoms with van der Waals surface area (Å²) in [6.45, 7) is 0. The highest BCUT2D eigenvalue weighted by Crippen LogP contribution is 2.46. The van der Waals surface area contributed by atoms with E-state index in [0.29, 0.717) is 33.0 Å². The van der Waals surface area contributed by atoms with Crippen molar-refractivity contribution in [2.75, 3.05) is 0 Å². The first-order valence-electron chi connectivity index (χ1n) is 25.3. The summed E-state index contributed by atoms with van der Waals surface area (Å²) in [5.74, 6) is 0. The summed E-state index contributed by atoms with van der Waals surface area (Å²) in [6.07, 6.45) is 0. The maximum Gasteiger partial charge on any atom is 0.0630 e. The molecule has 0 spiro atoms. The Kier molecular flexibility index (Phi) is 3.30. The molecule has 0 aliphatic heterocycles. The minimum absolute atomic E-state index is 0.0000591. The fourth-order valence-corrected chi connectivity index (χ4v) is 7.98. The molecule has 0 nitrogen and oxygen atoms in total. The highest BCUT2D eigenvalue weighted by atomic mass is 14.2. The fourth-order valence-electron chi connectivity index (χ4n) is 7.98. The fraction of sp³-hybridized carbons (Fsp3) is 0. The van der Waals surface area contributed by atoms with Crippen LogP contribution in [0, 0.1) is 0 Å². The molecule has 0 saturated heterocycles. The van der Waals surface area contributed by atoms with Gasteiger partial charge in [-0.05, 0) is 144 Å². The zero-order valence-electron chi connectivity index (χ0n) is 44.0.